The molecule has 3 nitrogen and oxygen atoms in total. The van der Waals surface area contributed by atoms with Gasteiger partial charge < -0.3 is 10.2 Å². The third-order valence-electron chi connectivity index (χ3n) is 3.44. The summed E-state index contributed by atoms with van der Waals surface area (Å²) in [6.07, 6.45) is 7.39. The largest absolute Gasteiger partial charge is 0.335 e. The molecule has 0 radical (unpaired) electrons. The summed E-state index contributed by atoms with van der Waals surface area (Å²) >= 11 is 1.96. The summed E-state index contributed by atoms with van der Waals surface area (Å²) in [5, 5.41) is 3.19. The van der Waals surface area contributed by atoms with Gasteiger partial charge in [0, 0.05) is 24.9 Å². The molecule has 0 aromatic heterocycles. The number of thioether (sulfide) groups is 1. The number of amides is 2. The molecule has 2 aliphatic rings. The van der Waals surface area contributed by atoms with E-state index in [0.717, 1.165) is 25.3 Å². The molecule has 2 rings (SSSR count). The van der Waals surface area contributed by atoms with E-state index in [4.69, 9.17) is 0 Å². The molecule has 0 aromatic carbocycles. The fourth-order valence-corrected chi connectivity index (χ4v) is 3.35. The van der Waals surface area contributed by atoms with Gasteiger partial charge in [0.1, 0.15) is 0 Å². The van der Waals surface area contributed by atoms with Crippen LogP contribution in [0.2, 0.25) is 0 Å². The summed E-state index contributed by atoms with van der Waals surface area (Å²) < 4.78 is 0. The first-order chi connectivity index (χ1) is 7.86. The van der Waals surface area contributed by atoms with Crippen molar-refractivity contribution in [2.24, 2.45) is 0 Å². The van der Waals surface area contributed by atoms with Crippen LogP contribution in [0.5, 0.6) is 0 Å². The van der Waals surface area contributed by atoms with E-state index in [2.05, 4.69) is 5.32 Å². The summed E-state index contributed by atoms with van der Waals surface area (Å²) in [7, 11) is 0. The molecule has 0 atom stereocenters. The zero-order valence-electron chi connectivity index (χ0n) is 9.91. The van der Waals surface area contributed by atoms with E-state index in [1.807, 2.05) is 16.7 Å². The van der Waals surface area contributed by atoms with Crippen molar-refractivity contribution < 1.29 is 4.79 Å². The first-order valence-corrected chi connectivity index (χ1v) is 7.65. The van der Waals surface area contributed by atoms with Gasteiger partial charge in [-0.25, -0.2) is 4.79 Å². The van der Waals surface area contributed by atoms with E-state index in [1.54, 1.807) is 0 Å². The second-order valence-corrected chi connectivity index (χ2v) is 5.96. The highest BCUT2D eigenvalue weighted by Crippen LogP contribution is 2.18. The SMILES string of the molecule is O=C(NC1CCCCC1)N1CCCSCC1. The van der Waals surface area contributed by atoms with Gasteiger partial charge in [0.2, 0.25) is 0 Å². The Balaban J connectivity index is 1.76. The van der Waals surface area contributed by atoms with Crippen LogP contribution in [0.15, 0.2) is 0 Å². The molecule has 1 heterocycles. The Hall–Kier alpha value is -0.380. The van der Waals surface area contributed by atoms with E-state index in [-0.39, 0.29) is 6.03 Å². The zero-order valence-corrected chi connectivity index (χ0v) is 10.7. The normalized spacial score (nSPS) is 23.9. The molecule has 1 aliphatic heterocycles. The van der Waals surface area contributed by atoms with Crippen LogP contribution in [0.1, 0.15) is 38.5 Å². The van der Waals surface area contributed by atoms with Crippen LogP contribution >= 0.6 is 11.8 Å². The lowest BCUT2D eigenvalue weighted by Crippen LogP contribution is -2.46. The van der Waals surface area contributed by atoms with E-state index < -0.39 is 0 Å². The van der Waals surface area contributed by atoms with Crippen LogP contribution in [0.3, 0.4) is 0 Å². The maximum Gasteiger partial charge on any atom is 0.317 e. The molecule has 2 fully saturated rings. The van der Waals surface area contributed by atoms with Gasteiger partial charge in [-0.05, 0) is 25.0 Å². The van der Waals surface area contributed by atoms with Crippen LogP contribution < -0.4 is 5.32 Å². The minimum absolute atomic E-state index is 0.175. The van der Waals surface area contributed by atoms with E-state index in [0.29, 0.717) is 6.04 Å². The molecule has 2 amide bonds. The molecule has 1 saturated carbocycles. The second-order valence-electron chi connectivity index (χ2n) is 4.74. The van der Waals surface area contributed by atoms with Crippen molar-refractivity contribution in [3.63, 3.8) is 0 Å². The molecule has 1 aliphatic carbocycles. The average molecular weight is 242 g/mol. The quantitative estimate of drug-likeness (QED) is 0.766. The molecule has 0 aromatic rings. The van der Waals surface area contributed by atoms with Crippen LogP contribution in [-0.4, -0.2) is 41.6 Å². The topological polar surface area (TPSA) is 32.3 Å². The van der Waals surface area contributed by atoms with Gasteiger partial charge >= 0.3 is 6.03 Å². The number of carbonyl (C=O) groups is 1. The minimum atomic E-state index is 0.175. The minimum Gasteiger partial charge on any atom is -0.335 e. The molecule has 0 spiro atoms. The van der Waals surface area contributed by atoms with E-state index >= 15 is 0 Å². The second kappa shape index (κ2) is 6.38. The summed E-state index contributed by atoms with van der Waals surface area (Å²) in [6, 6.07) is 0.617. The van der Waals surface area contributed by atoms with Crippen molar-refractivity contribution in [3.05, 3.63) is 0 Å². The predicted molar refractivity (Wildman–Crippen MR) is 68.9 cm³/mol. The highest BCUT2D eigenvalue weighted by Gasteiger charge is 2.20. The number of nitrogens with zero attached hydrogens (tertiary/aromatic N) is 1. The van der Waals surface area contributed by atoms with Crippen molar-refractivity contribution in [3.8, 4) is 0 Å². The number of rotatable bonds is 1. The number of nitrogens with one attached hydrogen (secondary N) is 1. The van der Waals surface area contributed by atoms with Crippen molar-refractivity contribution in [1.29, 1.82) is 0 Å². The molecule has 1 saturated heterocycles. The first-order valence-electron chi connectivity index (χ1n) is 6.49. The highest BCUT2D eigenvalue weighted by atomic mass is 32.2. The van der Waals surface area contributed by atoms with Gasteiger partial charge in [0.25, 0.3) is 0 Å². The van der Waals surface area contributed by atoms with Crippen LogP contribution in [0.4, 0.5) is 4.79 Å². The summed E-state index contributed by atoms with van der Waals surface area (Å²) in [6.45, 7) is 1.86. The van der Waals surface area contributed by atoms with Gasteiger partial charge in [-0.1, -0.05) is 19.3 Å². The standard InChI is InChI=1S/C12H22N2OS/c15-12(13-11-5-2-1-3-6-11)14-7-4-9-16-10-8-14/h11H,1-10H2,(H,13,15). The Bertz CT molecular complexity index is 221. The van der Waals surface area contributed by atoms with Gasteiger partial charge in [0.05, 0.1) is 0 Å². The van der Waals surface area contributed by atoms with Gasteiger partial charge in [-0.2, -0.15) is 11.8 Å². The Labute approximate surface area is 102 Å². The van der Waals surface area contributed by atoms with Crippen molar-refractivity contribution in [2.75, 3.05) is 24.6 Å². The smallest absolute Gasteiger partial charge is 0.317 e. The number of hydrogen-bond acceptors (Lipinski definition) is 2. The van der Waals surface area contributed by atoms with Crippen molar-refractivity contribution in [1.82, 2.24) is 10.2 Å². The average Bonchev–Trinajstić information content (AvgIpc) is 2.59. The molecular formula is C12H22N2OS. The van der Waals surface area contributed by atoms with E-state index in [1.165, 1.54) is 37.9 Å². The number of hydrogen-bond donors (Lipinski definition) is 1. The molecule has 16 heavy (non-hydrogen) atoms. The summed E-state index contributed by atoms with van der Waals surface area (Å²) in [5.41, 5.74) is 0. The van der Waals surface area contributed by atoms with E-state index in [9.17, 15) is 4.79 Å². The number of urea groups is 1. The monoisotopic (exact) mass is 242 g/mol. The summed E-state index contributed by atoms with van der Waals surface area (Å²) in [4.78, 5) is 14.0. The van der Waals surface area contributed by atoms with Crippen molar-refractivity contribution in [2.45, 2.75) is 44.6 Å². The van der Waals surface area contributed by atoms with Gasteiger partial charge in [-0.15, -0.1) is 0 Å². The Morgan fingerprint density at radius 3 is 2.69 bits per heavy atom. The lowest BCUT2D eigenvalue weighted by molar-refractivity contribution is 0.194. The number of carbonyl (C=O) groups excluding carboxylic acids is 1. The molecule has 0 bridgehead atoms. The fraction of sp³-hybridized carbons (Fsp3) is 0.917. The van der Waals surface area contributed by atoms with Gasteiger partial charge in [0.15, 0.2) is 0 Å². The molecular weight excluding hydrogens is 220 g/mol. The Morgan fingerprint density at radius 1 is 1.06 bits per heavy atom. The third-order valence-corrected chi connectivity index (χ3v) is 4.49. The molecule has 4 heteroatoms. The predicted octanol–water partition coefficient (Wildman–Crippen LogP) is 2.47. The maximum atomic E-state index is 12.0. The van der Waals surface area contributed by atoms with Crippen LogP contribution in [-0.2, 0) is 0 Å². The summed E-state index contributed by atoms with van der Waals surface area (Å²) in [5.74, 6) is 2.30. The van der Waals surface area contributed by atoms with Crippen molar-refractivity contribution >= 4 is 17.8 Å². The third kappa shape index (κ3) is 3.58. The highest BCUT2D eigenvalue weighted by molar-refractivity contribution is 7.99. The Morgan fingerprint density at radius 2 is 1.88 bits per heavy atom. The lowest BCUT2D eigenvalue weighted by Gasteiger charge is -2.27. The Kier molecular flexibility index (Phi) is 4.82. The zero-order chi connectivity index (χ0) is 11.2. The maximum absolute atomic E-state index is 12.0. The molecule has 0 unspecified atom stereocenters. The first kappa shape index (κ1) is 12.1. The fourth-order valence-electron chi connectivity index (χ4n) is 2.46. The van der Waals surface area contributed by atoms with Gasteiger partial charge in [-0.3, -0.25) is 0 Å². The molecule has 1 N–H and O–H groups in total. The van der Waals surface area contributed by atoms with Crippen LogP contribution in [0, 0.1) is 0 Å². The molecule has 92 valence electrons. The van der Waals surface area contributed by atoms with Crippen LogP contribution in [0.25, 0.3) is 0 Å². The lowest BCUT2D eigenvalue weighted by atomic mass is 9.96.